The van der Waals surface area contributed by atoms with Crippen LogP contribution in [0.15, 0.2) is 42.5 Å². The van der Waals surface area contributed by atoms with Gasteiger partial charge in [0.05, 0.1) is 24.7 Å². The molecule has 0 aliphatic carbocycles. The van der Waals surface area contributed by atoms with Gasteiger partial charge in [-0.25, -0.2) is 8.78 Å². The van der Waals surface area contributed by atoms with E-state index in [0.29, 0.717) is 22.9 Å². The number of amides is 1. The van der Waals surface area contributed by atoms with Crippen LogP contribution < -0.4 is 4.74 Å². The van der Waals surface area contributed by atoms with E-state index >= 15 is 0 Å². The quantitative estimate of drug-likeness (QED) is 0.755. The normalized spacial score (nSPS) is 15.6. The summed E-state index contributed by atoms with van der Waals surface area (Å²) in [5.74, 6) is -2.50. The number of likely N-dealkylation sites (tertiary alicyclic amines) is 1. The van der Waals surface area contributed by atoms with Gasteiger partial charge in [0.1, 0.15) is 5.75 Å². The van der Waals surface area contributed by atoms with Crippen LogP contribution >= 0.6 is 11.6 Å². The highest BCUT2D eigenvalue weighted by Crippen LogP contribution is 2.31. The lowest BCUT2D eigenvalue weighted by Crippen LogP contribution is -2.58. The van der Waals surface area contributed by atoms with Crippen LogP contribution in [0, 0.1) is 0 Å². The third kappa shape index (κ3) is 3.93. The number of hydrogen-bond donors (Lipinski definition) is 0. The van der Waals surface area contributed by atoms with Crippen LogP contribution in [0.4, 0.5) is 8.78 Å². The second-order valence-corrected chi connectivity index (χ2v) is 6.50. The zero-order valence-electron chi connectivity index (χ0n) is 13.8. The van der Waals surface area contributed by atoms with E-state index in [9.17, 15) is 13.6 Å². The monoisotopic (exact) mass is 365 g/mol. The molecule has 132 valence electrons. The van der Waals surface area contributed by atoms with E-state index in [4.69, 9.17) is 16.3 Å². The summed E-state index contributed by atoms with van der Waals surface area (Å²) in [4.78, 5) is 13.3. The molecule has 0 bridgehead atoms. The lowest BCUT2D eigenvalue weighted by Gasteiger charge is -2.38. The molecule has 3 rings (SSSR count). The van der Waals surface area contributed by atoms with Crippen molar-refractivity contribution in [3.63, 3.8) is 0 Å². The van der Waals surface area contributed by atoms with Gasteiger partial charge in [0.25, 0.3) is 11.8 Å². The lowest BCUT2D eigenvalue weighted by atomic mass is 10.0. The SMILES string of the molecule is CCCOc1ccc(-c2ccc(C(=O)N3CC(F)(F)C3)cc2)cc1Cl. The number of hydrogen-bond acceptors (Lipinski definition) is 2. The molecule has 1 heterocycles. The molecule has 1 saturated heterocycles. The zero-order valence-corrected chi connectivity index (χ0v) is 14.5. The maximum atomic E-state index is 12.9. The van der Waals surface area contributed by atoms with Crippen LogP contribution in [0.25, 0.3) is 11.1 Å². The second-order valence-electron chi connectivity index (χ2n) is 6.09. The van der Waals surface area contributed by atoms with Gasteiger partial charge in [-0.15, -0.1) is 0 Å². The number of halogens is 3. The Hall–Kier alpha value is -2.14. The summed E-state index contributed by atoms with van der Waals surface area (Å²) in [6.45, 7) is 1.60. The topological polar surface area (TPSA) is 29.5 Å². The first-order valence-corrected chi connectivity index (χ1v) is 8.47. The first kappa shape index (κ1) is 17.7. The van der Waals surface area contributed by atoms with Crippen molar-refractivity contribution in [2.45, 2.75) is 19.3 Å². The summed E-state index contributed by atoms with van der Waals surface area (Å²) in [7, 11) is 0. The van der Waals surface area contributed by atoms with Gasteiger partial charge in [-0.1, -0.05) is 36.7 Å². The number of benzene rings is 2. The van der Waals surface area contributed by atoms with E-state index in [1.807, 2.05) is 19.1 Å². The van der Waals surface area contributed by atoms with Gasteiger partial charge in [-0.3, -0.25) is 4.79 Å². The Bertz CT molecular complexity index is 769. The summed E-state index contributed by atoms with van der Waals surface area (Å²) < 4.78 is 31.3. The van der Waals surface area contributed by atoms with Crippen molar-refractivity contribution in [3.05, 3.63) is 53.1 Å². The highest BCUT2D eigenvalue weighted by atomic mass is 35.5. The molecule has 0 atom stereocenters. The summed E-state index contributed by atoms with van der Waals surface area (Å²) >= 11 is 6.23. The molecule has 1 amide bonds. The zero-order chi connectivity index (χ0) is 18.0. The highest BCUT2D eigenvalue weighted by Gasteiger charge is 2.46. The van der Waals surface area contributed by atoms with Gasteiger partial charge in [0.2, 0.25) is 0 Å². The third-order valence-corrected chi connectivity index (χ3v) is 4.29. The Morgan fingerprint density at radius 3 is 2.36 bits per heavy atom. The molecule has 1 fully saturated rings. The van der Waals surface area contributed by atoms with E-state index in [-0.39, 0.29) is 5.91 Å². The molecule has 0 N–H and O–H groups in total. The van der Waals surface area contributed by atoms with Gasteiger partial charge < -0.3 is 9.64 Å². The molecule has 0 radical (unpaired) electrons. The van der Waals surface area contributed by atoms with Gasteiger partial charge in [-0.2, -0.15) is 0 Å². The number of ether oxygens (including phenoxy) is 1. The van der Waals surface area contributed by atoms with Crippen LogP contribution in [0.3, 0.4) is 0 Å². The standard InChI is InChI=1S/C19H18ClF2NO2/c1-2-9-25-17-8-7-15(10-16(17)20)13-3-5-14(6-4-13)18(24)23-11-19(21,22)12-23/h3-8,10H,2,9,11-12H2,1H3. The third-order valence-electron chi connectivity index (χ3n) is 3.99. The van der Waals surface area contributed by atoms with Crippen molar-refractivity contribution in [1.82, 2.24) is 4.90 Å². The van der Waals surface area contributed by atoms with Gasteiger partial charge >= 0.3 is 0 Å². The molecule has 1 aliphatic rings. The molecule has 0 spiro atoms. The van der Waals surface area contributed by atoms with E-state index in [2.05, 4.69) is 0 Å². The highest BCUT2D eigenvalue weighted by molar-refractivity contribution is 6.32. The predicted octanol–water partition coefficient (Wildman–Crippen LogP) is 4.89. The molecule has 6 heteroatoms. The second kappa shape index (κ2) is 7.00. The van der Waals surface area contributed by atoms with Gasteiger partial charge in [-0.05, 0) is 41.8 Å². The summed E-state index contributed by atoms with van der Waals surface area (Å²) in [5, 5.41) is 0.522. The Labute approximate surface area is 150 Å². The van der Waals surface area contributed by atoms with E-state index in [1.54, 1.807) is 30.3 Å². The molecule has 0 aromatic heterocycles. The largest absolute Gasteiger partial charge is 0.492 e. The summed E-state index contributed by atoms with van der Waals surface area (Å²) in [6.07, 6.45) is 0.899. The predicted molar refractivity (Wildman–Crippen MR) is 93.5 cm³/mol. The van der Waals surface area contributed by atoms with Crippen molar-refractivity contribution in [2.24, 2.45) is 0 Å². The van der Waals surface area contributed by atoms with Gasteiger partial charge in [0, 0.05) is 5.56 Å². The first-order valence-electron chi connectivity index (χ1n) is 8.09. The summed E-state index contributed by atoms with van der Waals surface area (Å²) in [5.41, 5.74) is 2.17. The minimum Gasteiger partial charge on any atom is -0.492 e. The van der Waals surface area contributed by atoms with Crippen LogP contribution in [0.5, 0.6) is 5.75 Å². The number of rotatable bonds is 5. The molecule has 2 aromatic carbocycles. The smallest absolute Gasteiger partial charge is 0.282 e. The molecule has 1 aliphatic heterocycles. The first-order chi connectivity index (χ1) is 11.9. The fraction of sp³-hybridized carbons (Fsp3) is 0.316. The molecule has 0 saturated carbocycles. The van der Waals surface area contributed by atoms with Crippen molar-refractivity contribution in [3.8, 4) is 16.9 Å². The Balaban J connectivity index is 1.72. The lowest BCUT2D eigenvalue weighted by molar-refractivity contribution is -0.113. The van der Waals surface area contributed by atoms with E-state index in [0.717, 1.165) is 22.4 Å². The van der Waals surface area contributed by atoms with E-state index in [1.165, 1.54) is 0 Å². The average Bonchev–Trinajstić information content (AvgIpc) is 2.58. The minimum absolute atomic E-state index is 0.376. The summed E-state index contributed by atoms with van der Waals surface area (Å²) in [6, 6.07) is 12.4. The number of carbonyl (C=O) groups is 1. The van der Waals surface area contributed by atoms with Crippen LogP contribution in [-0.2, 0) is 0 Å². The molecule has 0 unspecified atom stereocenters. The average molecular weight is 366 g/mol. The van der Waals surface area contributed by atoms with Gasteiger partial charge in [0.15, 0.2) is 0 Å². The van der Waals surface area contributed by atoms with E-state index < -0.39 is 19.0 Å². The maximum absolute atomic E-state index is 12.9. The van der Waals surface area contributed by atoms with Crippen LogP contribution in [0.2, 0.25) is 5.02 Å². The molecular weight excluding hydrogens is 348 g/mol. The Morgan fingerprint density at radius 1 is 1.16 bits per heavy atom. The number of nitrogens with zero attached hydrogens (tertiary/aromatic N) is 1. The minimum atomic E-state index is -2.76. The fourth-order valence-corrected chi connectivity index (χ4v) is 2.89. The van der Waals surface area contributed by atoms with Crippen LogP contribution in [-0.4, -0.2) is 36.4 Å². The molecular formula is C19H18ClF2NO2. The Kier molecular flexibility index (Phi) is 4.95. The van der Waals surface area contributed by atoms with Crippen molar-refractivity contribution >= 4 is 17.5 Å². The van der Waals surface area contributed by atoms with Crippen molar-refractivity contribution in [1.29, 1.82) is 0 Å². The molecule has 3 nitrogen and oxygen atoms in total. The molecule has 2 aromatic rings. The Morgan fingerprint density at radius 2 is 1.80 bits per heavy atom. The number of alkyl halides is 2. The van der Waals surface area contributed by atoms with Crippen molar-refractivity contribution in [2.75, 3.05) is 19.7 Å². The maximum Gasteiger partial charge on any atom is 0.282 e. The van der Waals surface area contributed by atoms with Crippen LogP contribution in [0.1, 0.15) is 23.7 Å². The molecule has 25 heavy (non-hydrogen) atoms. The number of carbonyl (C=O) groups excluding carboxylic acids is 1. The van der Waals surface area contributed by atoms with Crippen molar-refractivity contribution < 1.29 is 18.3 Å². The fourth-order valence-electron chi connectivity index (χ4n) is 2.65.